The number of carbonyl (C=O) groups is 1. The summed E-state index contributed by atoms with van der Waals surface area (Å²) in [6.07, 6.45) is 3.22. The summed E-state index contributed by atoms with van der Waals surface area (Å²) in [6, 6.07) is 8.82. The van der Waals surface area contributed by atoms with Crippen LogP contribution in [0.2, 0.25) is 0 Å². The van der Waals surface area contributed by atoms with Crippen molar-refractivity contribution in [2.75, 3.05) is 13.1 Å². The van der Waals surface area contributed by atoms with Gasteiger partial charge in [-0.2, -0.15) is 9.40 Å². The van der Waals surface area contributed by atoms with Crippen LogP contribution in [0, 0.1) is 13.8 Å². The number of aromatic nitrogens is 2. The van der Waals surface area contributed by atoms with Crippen molar-refractivity contribution < 1.29 is 13.2 Å². The first-order valence-electron chi connectivity index (χ1n) is 9.73. The minimum absolute atomic E-state index is 0.0863. The number of aryl methyl sites for hydroxylation is 3. The third-order valence-corrected chi connectivity index (χ3v) is 6.89. The van der Waals surface area contributed by atoms with Crippen LogP contribution in [0.1, 0.15) is 42.6 Å². The molecule has 1 N–H and O–H groups in total. The summed E-state index contributed by atoms with van der Waals surface area (Å²) in [6.45, 7) is 5.88. The molecular formula is C20H28N4O3S. The fourth-order valence-corrected chi connectivity index (χ4v) is 5.06. The highest BCUT2D eigenvalue weighted by Gasteiger charge is 2.25. The average molecular weight is 405 g/mol. The Balaban J connectivity index is 1.57. The summed E-state index contributed by atoms with van der Waals surface area (Å²) in [7, 11) is -3.46. The van der Waals surface area contributed by atoms with Gasteiger partial charge < -0.3 is 5.32 Å². The lowest BCUT2D eigenvalue weighted by molar-refractivity contribution is -0.121. The van der Waals surface area contributed by atoms with Crippen LogP contribution in [0.25, 0.3) is 0 Å². The Morgan fingerprint density at radius 1 is 1.14 bits per heavy atom. The fraction of sp³-hybridized carbons (Fsp3) is 0.500. The van der Waals surface area contributed by atoms with E-state index in [9.17, 15) is 13.2 Å². The molecule has 0 atom stereocenters. The van der Waals surface area contributed by atoms with Crippen LogP contribution in [0.15, 0.2) is 35.2 Å². The van der Waals surface area contributed by atoms with Gasteiger partial charge in [0.2, 0.25) is 15.9 Å². The van der Waals surface area contributed by atoms with E-state index in [1.54, 1.807) is 22.5 Å². The van der Waals surface area contributed by atoms with Crippen molar-refractivity contribution in [1.29, 1.82) is 0 Å². The second-order valence-corrected chi connectivity index (χ2v) is 9.23. The minimum Gasteiger partial charge on any atom is -0.352 e. The molecule has 7 nitrogen and oxygen atoms in total. The molecule has 0 bridgehead atoms. The van der Waals surface area contributed by atoms with Crippen LogP contribution in [-0.4, -0.2) is 41.5 Å². The van der Waals surface area contributed by atoms with E-state index in [0.29, 0.717) is 37.5 Å². The van der Waals surface area contributed by atoms with E-state index < -0.39 is 10.0 Å². The van der Waals surface area contributed by atoms with Crippen molar-refractivity contribution >= 4 is 15.9 Å². The number of carbonyl (C=O) groups excluding carboxylic acids is 1. The number of sulfonamides is 1. The summed E-state index contributed by atoms with van der Waals surface area (Å²) in [5.41, 5.74) is 2.74. The SMILES string of the molecule is Cc1cc(C)n(CCC(=O)NCc2cccc(S(=O)(=O)N3CCCCC3)c2)n1. The number of hydrogen-bond acceptors (Lipinski definition) is 4. The highest BCUT2D eigenvalue weighted by atomic mass is 32.2. The van der Waals surface area contributed by atoms with Gasteiger partial charge in [-0.3, -0.25) is 9.48 Å². The molecule has 152 valence electrons. The van der Waals surface area contributed by atoms with E-state index in [-0.39, 0.29) is 5.91 Å². The van der Waals surface area contributed by atoms with Gasteiger partial charge in [0.15, 0.2) is 0 Å². The van der Waals surface area contributed by atoms with Crippen molar-refractivity contribution in [1.82, 2.24) is 19.4 Å². The molecule has 1 aromatic heterocycles. The predicted octanol–water partition coefficient (Wildman–Crippen LogP) is 2.38. The van der Waals surface area contributed by atoms with Gasteiger partial charge in [-0.25, -0.2) is 8.42 Å². The number of amides is 1. The van der Waals surface area contributed by atoms with Gasteiger partial charge >= 0.3 is 0 Å². The average Bonchev–Trinajstić information content (AvgIpc) is 3.02. The molecule has 1 amide bonds. The van der Waals surface area contributed by atoms with Gasteiger partial charge in [0.1, 0.15) is 0 Å². The normalized spacial score (nSPS) is 15.5. The first-order chi connectivity index (χ1) is 13.4. The van der Waals surface area contributed by atoms with Crippen molar-refractivity contribution in [3.8, 4) is 0 Å². The largest absolute Gasteiger partial charge is 0.352 e. The van der Waals surface area contributed by atoms with Gasteiger partial charge in [0.25, 0.3) is 0 Å². The molecule has 0 unspecified atom stereocenters. The van der Waals surface area contributed by atoms with E-state index in [0.717, 1.165) is 36.2 Å². The van der Waals surface area contributed by atoms with Crippen LogP contribution in [0.5, 0.6) is 0 Å². The Morgan fingerprint density at radius 3 is 2.57 bits per heavy atom. The maximum atomic E-state index is 12.8. The Bertz CT molecular complexity index is 931. The molecule has 2 heterocycles. The first kappa shape index (κ1) is 20.5. The summed E-state index contributed by atoms with van der Waals surface area (Å²) in [5.74, 6) is -0.0863. The molecule has 28 heavy (non-hydrogen) atoms. The smallest absolute Gasteiger partial charge is 0.243 e. The van der Waals surface area contributed by atoms with Crippen molar-refractivity contribution in [2.24, 2.45) is 0 Å². The van der Waals surface area contributed by atoms with Gasteiger partial charge in [-0.05, 0) is 50.5 Å². The zero-order chi connectivity index (χ0) is 20.1. The molecule has 1 aliphatic rings. The summed E-state index contributed by atoms with van der Waals surface area (Å²) < 4.78 is 29.0. The standard InChI is InChI=1S/C20H28N4O3S/c1-16-13-17(2)24(22-16)12-9-20(25)21-15-18-7-6-8-19(14-18)28(26,27)23-10-4-3-5-11-23/h6-8,13-14H,3-5,9-12,15H2,1-2H3,(H,21,25). The van der Waals surface area contributed by atoms with Crippen LogP contribution < -0.4 is 5.32 Å². The van der Waals surface area contributed by atoms with Crippen molar-refractivity contribution in [3.05, 3.63) is 47.3 Å². The Labute approximate surface area is 166 Å². The second-order valence-electron chi connectivity index (χ2n) is 7.29. The molecule has 0 radical (unpaired) electrons. The van der Waals surface area contributed by atoms with Crippen LogP contribution in [-0.2, 0) is 27.9 Å². The molecule has 0 spiro atoms. The van der Waals surface area contributed by atoms with Crippen LogP contribution in [0.3, 0.4) is 0 Å². The fourth-order valence-electron chi connectivity index (χ4n) is 3.47. The molecule has 1 saturated heterocycles. The molecule has 0 saturated carbocycles. The van der Waals surface area contributed by atoms with Gasteiger partial charge in [-0.1, -0.05) is 18.6 Å². The Kier molecular flexibility index (Phi) is 6.51. The minimum atomic E-state index is -3.46. The number of benzene rings is 1. The molecule has 8 heteroatoms. The second kappa shape index (κ2) is 8.87. The molecule has 3 rings (SSSR count). The number of nitrogens with zero attached hydrogens (tertiary/aromatic N) is 3. The van der Waals surface area contributed by atoms with Crippen LogP contribution >= 0.6 is 0 Å². The Hall–Kier alpha value is -2.19. The molecule has 1 aliphatic heterocycles. The maximum absolute atomic E-state index is 12.8. The van der Waals surface area contributed by atoms with Gasteiger partial charge in [-0.15, -0.1) is 0 Å². The summed E-state index contributed by atoms with van der Waals surface area (Å²) in [5, 5.41) is 7.21. The summed E-state index contributed by atoms with van der Waals surface area (Å²) >= 11 is 0. The number of rotatable bonds is 7. The van der Waals surface area contributed by atoms with Gasteiger partial charge in [0, 0.05) is 38.3 Å². The predicted molar refractivity (Wildman–Crippen MR) is 107 cm³/mol. The van der Waals surface area contributed by atoms with Crippen molar-refractivity contribution in [3.63, 3.8) is 0 Å². The number of nitrogens with one attached hydrogen (secondary N) is 1. The van der Waals surface area contributed by atoms with Crippen molar-refractivity contribution in [2.45, 2.75) is 57.5 Å². The zero-order valence-electron chi connectivity index (χ0n) is 16.5. The van der Waals surface area contributed by atoms with Gasteiger partial charge in [0.05, 0.1) is 10.6 Å². The molecule has 0 aliphatic carbocycles. The summed E-state index contributed by atoms with van der Waals surface area (Å²) in [4.78, 5) is 12.5. The molecule has 1 aromatic carbocycles. The Morgan fingerprint density at radius 2 is 1.89 bits per heavy atom. The third kappa shape index (κ3) is 4.99. The lowest BCUT2D eigenvalue weighted by Gasteiger charge is -2.26. The lowest BCUT2D eigenvalue weighted by Crippen LogP contribution is -2.35. The van der Waals surface area contributed by atoms with E-state index in [2.05, 4.69) is 10.4 Å². The lowest BCUT2D eigenvalue weighted by atomic mass is 10.2. The molecule has 2 aromatic rings. The zero-order valence-corrected chi connectivity index (χ0v) is 17.3. The van der Waals surface area contributed by atoms with Crippen LogP contribution in [0.4, 0.5) is 0 Å². The quantitative estimate of drug-likeness (QED) is 0.768. The number of piperidine rings is 1. The number of hydrogen-bond donors (Lipinski definition) is 1. The highest BCUT2D eigenvalue weighted by molar-refractivity contribution is 7.89. The topological polar surface area (TPSA) is 84.3 Å². The third-order valence-electron chi connectivity index (χ3n) is 4.99. The monoisotopic (exact) mass is 404 g/mol. The van der Waals surface area contributed by atoms with E-state index in [1.807, 2.05) is 30.7 Å². The maximum Gasteiger partial charge on any atom is 0.243 e. The molecular weight excluding hydrogens is 376 g/mol. The first-order valence-corrected chi connectivity index (χ1v) is 11.2. The van der Waals surface area contributed by atoms with E-state index in [1.165, 1.54) is 0 Å². The highest BCUT2D eigenvalue weighted by Crippen LogP contribution is 2.21. The van der Waals surface area contributed by atoms with E-state index in [4.69, 9.17) is 0 Å². The van der Waals surface area contributed by atoms with E-state index >= 15 is 0 Å². The molecule has 1 fully saturated rings.